The van der Waals surface area contributed by atoms with Crippen LogP contribution in [0, 0.1) is 6.92 Å². The molecule has 0 amide bonds. The number of hydrogen-bond donors (Lipinski definition) is 1. The summed E-state index contributed by atoms with van der Waals surface area (Å²) >= 11 is 0. The Morgan fingerprint density at radius 1 is 1.21 bits per heavy atom. The summed E-state index contributed by atoms with van der Waals surface area (Å²) in [6.45, 7) is 6.90. The lowest BCUT2D eigenvalue weighted by Crippen LogP contribution is -2.18. The SMILES string of the molecule is CCn1cc(NC(C)c2ccccc2C)ccc1=O. The van der Waals surface area contributed by atoms with Gasteiger partial charge in [-0.15, -0.1) is 0 Å². The van der Waals surface area contributed by atoms with Crippen LogP contribution in [-0.2, 0) is 6.54 Å². The van der Waals surface area contributed by atoms with Gasteiger partial charge in [-0.05, 0) is 38.0 Å². The molecule has 19 heavy (non-hydrogen) atoms. The van der Waals surface area contributed by atoms with Crippen LogP contribution in [0.1, 0.15) is 31.0 Å². The van der Waals surface area contributed by atoms with E-state index in [9.17, 15) is 4.79 Å². The predicted octanol–water partition coefficient (Wildman–Crippen LogP) is 3.35. The Morgan fingerprint density at radius 3 is 2.63 bits per heavy atom. The van der Waals surface area contributed by atoms with Crippen molar-refractivity contribution in [2.24, 2.45) is 0 Å². The fourth-order valence-electron chi connectivity index (χ4n) is 2.26. The van der Waals surface area contributed by atoms with Crippen LogP contribution in [0.15, 0.2) is 47.4 Å². The quantitative estimate of drug-likeness (QED) is 0.910. The van der Waals surface area contributed by atoms with Crippen molar-refractivity contribution in [1.29, 1.82) is 0 Å². The van der Waals surface area contributed by atoms with Crippen molar-refractivity contribution in [2.75, 3.05) is 5.32 Å². The molecule has 1 heterocycles. The highest BCUT2D eigenvalue weighted by Crippen LogP contribution is 2.21. The maximum absolute atomic E-state index is 11.5. The van der Waals surface area contributed by atoms with E-state index >= 15 is 0 Å². The molecule has 0 saturated heterocycles. The van der Waals surface area contributed by atoms with Crippen molar-refractivity contribution in [3.05, 3.63) is 64.1 Å². The molecule has 1 N–H and O–H groups in total. The minimum Gasteiger partial charge on any atom is -0.377 e. The summed E-state index contributed by atoms with van der Waals surface area (Å²) in [7, 11) is 0. The van der Waals surface area contributed by atoms with Crippen molar-refractivity contribution in [2.45, 2.75) is 33.4 Å². The minimum atomic E-state index is 0.0385. The number of aromatic nitrogens is 1. The predicted molar refractivity (Wildman–Crippen MR) is 79.6 cm³/mol. The van der Waals surface area contributed by atoms with E-state index in [1.165, 1.54) is 11.1 Å². The molecule has 2 aromatic rings. The third-order valence-electron chi connectivity index (χ3n) is 3.36. The largest absolute Gasteiger partial charge is 0.377 e. The van der Waals surface area contributed by atoms with E-state index in [0.717, 1.165) is 5.69 Å². The zero-order valence-corrected chi connectivity index (χ0v) is 11.7. The van der Waals surface area contributed by atoms with E-state index in [1.807, 2.05) is 31.3 Å². The molecule has 0 spiro atoms. The molecule has 3 nitrogen and oxygen atoms in total. The number of nitrogens with zero attached hydrogens (tertiary/aromatic N) is 1. The molecule has 0 bridgehead atoms. The van der Waals surface area contributed by atoms with Crippen molar-refractivity contribution in [3.63, 3.8) is 0 Å². The molecular formula is C16H20N2O. The topological polar surface area (TPSA) is 34.0 Å². The van der Waals surface area contributed by atoms with Crippen molar-refractivity contribution in [1.82, 2.24) is 4.57 Å². The highest BCUT2D eigenvalue weighted by atomic mass is 16.1. The van der Waals surface area contributed by atoms with Crippen LogP contribution in [-0.4, -0.2) is 4.57 Å². The number of pyridine rings is 1. The maximum atomic E-state index is 11.5. The molecule has 0 saturated carbocycles. The van der Waals surface area contributed by atoms with E-state index in [-0.39, 0.29) is 11.6 Å². The van der Waals surface area contributed by atoms with Gasteiger partial charge in [-0.2, -0.15) is 0 Å². The number of nitrogens with one attached hydrogen (secondary N) is 1. The summed E-state index contributed by atoms with van der Waals surface area (Å²) in [4.78, 5) is 11.5. The van der Waals surface area contributed by atoms with Gasteiger partial charge in [0.25, 0.3) is 5.56 Å². The molecule has 3 heteroatoms. The van der Waals surface area contributed by atoms with Gasteiger partial charge in [0, 0.05) is 24.8 Å². The number of hydrogen-bond acceptors (Lipinski definition) is 2. The van der Waals surface area contributed by atoms with Crippen LogP contribution in [0.2, 0.25) is 0 Å². The molecule has 1 aromatic heterocycles. The maximum Gasteiger partial charge on any atom is 0.250 e. The molecule has 100 valence electrons. The Bertz CT molecular complexity index is 616. The third-order valence-corrected chi connectivity index (χ3v) is 3.36. The van der Waals surface area contributed by atoms with Crippen LogP contribution in [0.3, 0.4) is 0 Å². The summed E-state index contributed by atoms with van der Waals surface area (Å²) in [5.74, 6) is 0. The fraction of sp³-hybridized carbons (Fsp3) is 0.312. The molecule has 1 aromatic carbocycles. The first-order chi connectivity index (χ1) is 9.11. The summed E-state index contributed by atoms with van der Waals surface area (Å²) in [6.07, 6.45) is 1.87. The molecule has 0 fully saturated rings. The first kappa shape index (κ1) is 13.4. The standard InChI is InChI=1S/C16H20N2O/c1-4-18-11-14(9-10-16(18)19)17-13(3)15-8-6-5-7-12(15)2/h5-11,13,17H,4H2,1-3H3. The second kappa shape index (κ2) is 5.74. The monoisotopic (exact) mass is 256 g/mol. The smallest absolute Gasteiger partial charge is 0.250 e. The Hall–Kier alpha value is -2.03. The lowest BCUT2D eigenvalue weighted by Gasteiger charge is -2.18. The second-order valence-electron chi connectivity index (χ2n) is 4.76. The van der Waals surface area contributed by atoms with Gasteiger partial charge in [-0.3, -0.25) is 4.79 Å². The van der Waals surface area contributed by atoms with E-state index in [1.54, 1.807) is 10.6 Å². The molecule has 0 radical (unpaired) electrons. The van der Waals surface area contributed by atoms with Gasteiger partial charge >= 0.3 is 0 Å². The number of anilines is 1. The zero-order valence-electron chi connectivity index (χ0n) is 11.7. The van der Waals surface area contributed by atoms with Gasteiger partial charge < -0.3 is 9.88 Å². The molecule has 0 aliphatic rings. The number of rotatable bonds is 4. The fourth-order valence-corrected chi connectivity index (χ4v) is 2.26. The molecule has 2 rings (SSSR count). The van der Waals surface area contributed by atoms with Crippen LogP contribution in [0.4, 0.5) is 5.69 Å². The van der Waals surface area contributed by atoms with E-state index in [4.69, 9.17) is 0 Å². The molecule has 1 atom stereocenters. The zero-order chi connectivity index (χ0) is 13.8. The molecule has 0 aliphatic carbocycles. The third kappa shape index (κ3) is 3.05. The lowest BCUT2D eigenvalue weighted by molar-refractivity contribution is 0.725. The summed E-state index contributed by atoms with van der Waals surface area (Å²) in [5.41, 5.74) is 3.55. The number of aryl methyl sites for hydroxylation is 2. The van der Waals surface area contributed by atoms with Gasteiger partial charge in [0.05, 0.1) is 5.69 Å². The lowest BCUT2D eigenvalue weighted by atomic mass is 10.0. The number of benzene rings is 1. The van der Waals surface area contributed by atoms with Crippen molar-refractivity contribution in [3.8, 4) is 0 Å². The van der Waals surface area contributed by atoms with Gasteiger partial charge in [0.2, 0.25) is 0 Å². The van der Waals surface area contributed by atoms with Crippen LogP contribution in [0.25, 0.3) is 0 Å². The summed E-state index contributed by atoms with van der Waals surface area (Å²) in [6, 6.07) is 12.0. The van der Waals surface area contributed by atoms with E-state index in [0.29, 0.717) is 6.54 Å². The average molecular weight is 256 g/mol. The van der Waals surface area contributed by atoms with E-state index < -0.39 is 0 Å². The first-order valence-electron chi connectivity index (χ1n) is 6.64. The Labute approximate surface area is 113 Å². The second-order valence-corrected chi connectivity index (χ2v) is 4.76. The Balaban J connectivity index is 2.22. The molecule has 1 unspecified atom stereocenters. The van der Waals surface area contributed by atoms with Crippen LogP contribution >= 0.6 is 0 Å². The van der Waals surface area contributed by atoms with Gasteiger partial charge in [0.1, 0.15) is 0 Å². The van der Waals surface area contributed by atoms with Gasteiger partial charge in [-0.25, -0.2) is 0 Å². The van der Waals surface area contributed by atoms with Crippen molar-refractivity contribution < 1.29 is 0 Å². The Morgan fingerprint density at radius 2 is 1.95 bits per heavy atom. The van der Waals surface area contributed by atoms with Gasteiger partial charge in [-0.1, -0.05) is 24.3 Å². The van der Waals surface area contributed by atoms with Crippen LogP contribution in [0.5, 0.6) is 0 Å². The highest BCUT2D eigenvalue weighted by molar-refractivity contribution is 5.44. The van der Waals surface area contributed by atoms with Crippen molar-refractivity contribution >= 4 is 5.69 Å². The minimum absolute atomic E-state index is 0.0385. The normalized spacial score (nSPS) is 12.2. The summed E-state index contributed by atoms with van der Waals surface area (Å²) in [5, 5.41) is 3.44. The van der Waals surface area contributed by atoms with Crippen LogP contribution < -0.4 is 10.9 Å². The van der Waals surface area contributed by atoms with Gasteiger partial charge in [0.15, 0.2) is 0 Å². The first-order valence-corrected chi connectivity index (χ1v) is 6.64. The van der Waals surface area contributed by atoms with E-state index in [2.05, 4.69) is 31.3 Å². The Kier molecular flexibility index (Phi) is 4.05. The summed E-state index contributed by atoms with van der Waals surface area (Å²) < 4.78 is 1.70. The molecule has 0 aliphatic heterocycles. The molecular weight excluding hydrogens is 236 g/mol. The highest BCUT2D eigenvalue weighted by Gasteiger charge is 2.08. The average Bonchev–Trinajstić information content (AvgIpc) is 2.41.